The molecule has 102 valence electrons. The van der Waals surface area contributed by atoms with E-state index in [0.717, 1.165) is 12.8 Å². The van der Waals surface area contributed by atoms with Gasteiger partial charge in [0.2, 0.25) is 5.91 Å². The smallest absolute Gasteiger partial charge is 0.312 e. The molecular weight excluding hydrogens is 244 g/mol. The topological polar surface area (TPSA) is 110 Å². The van der Waals surface area contributed by atoms with Crippen molar-refractivity contribution in [2.45, 2.75) is 45.2 Å². The standard InChI is InChI=1S/C10H22N4O2.ClH/c1-3-4-5-8(14-10(12)16)9(15)13-7(2)6-11;/h7-8H,3-6,11H2,1-2H3,(H,13,15)(H3,12,14,16);1H/t7-,8?;/m0./s1. The van der Waals surface area contributed by atoms with Crippen molar-refractivity contribution in [3.8, 4) is 0 Å². The fourth-order valence-corrected chi connectivity index (χ4v) is 1.25. The molecule has 0 saturated carbocycles. The van der Waals surface area contributed by atoms with Gasteiger partial charge in [0.15, 0.2) is 0 Å². The highest BCUT2D eigenvalue weighted by Crippen LogP contribution is 2.01. The molecule has 0 rings (SSSR count). The van der Waals surface area contributed by atoms with Crippen molar-refractivity contribution in [1.29, 1.82) is 0 Å². The molecule has 0 aliphatic heterocycles. The summed E-state index contributed by atoms with van der Waals surface area (Å²) in [5.41, 5.74) is 10.4. The molecule has 1 unspecified atom stereocenters. The molecule has 6 N–H and O–H groups in total. The Hall–Kier alpha value is -1.01. The summed E-state index contributed by atoms with van der Waals surface area (Å²) in [4.78, 5) is 22.5. The van der Waals surface area contributed by atoms with Crippen molar-refractivity contribution < 1.29 is 9.59 Å². The highest BCUT2D eigenvalue weighted by Gasteiger charge is 2.19. The fourth-order valence-electron chi connectivity index (χ4n) is 1.25. The number of urea groups is 1. The number of primary amides is 1. The van der Waals surface area contributed by atoms with E-state index in [-0.39, 0.29) is 24.4 Å². The van der Waals surface area contributed by atoms with E-state index in [1.165, 1.54) is 0 Å². The lowest BCUT2D eigenvalue weighted by Crippen LogP contribution is -2.51. The number of unbranched alkanes of at least 4 members (excludes halogenated alkanes) is 1. The Morgan fingerprint density at radius 1 is 1.29 bits per heavy atom. The molecule has 3 amide bonds. The summed E-state index contributed by atoms with van der Waals surface area (Å²) in [5.74, 6) is -0.231. The minimum absolute atomic E-state index is 0. The maximum atomic E-state index is 11.7. The van der Waals surface area contributed by atoms with E-state index in [2.05, 4.69) is 10.6 Å². The molecule has 6 nitrogen and oxygen atoms in total. The van der Waals surface area contributed by atoms with Crippen LogP contribution in [0.15, 0.2) is 0 Å². The molecule has 0 radical (unpaired) electrons. The fraction of sp³-hybridized carbons (Fsp3) is 0.800. The van der Waals surface area contributed by atoms with Crippen LogP contribution in [0, 0.1) is 0 Å². The van der Waals surface area contributed by atoms with Crippen molar-refractivity contribution in [2.75, 3.05) is 6.54 Å². The SMILES string of the molecule is CCCCC(NC(N)=O)C(=O)N[C@@H](C)CN.Cl. The van der Waals surface area contributed by atoms with Crippen molar-refractivity contribution in [3.63, 3.8) is 0 Å². The molecule has 0 spiro atoms. The van der Waals surface area contributed by atoms with Gasteiger partial charge in [0.1, 0.15) is 6.04 Å². The molecule has 2 atom stereocenters. The van der Waals surface area contributed by atoms with Crippen LogP contribution in [0.5, 0.6) is 0 Å². The number of hydrogen-bond donors (Lipinski definition) is 4. The lowest BCUT2D eigenvalue weighted by atomic mass is 10.1. The first kappa shape index (κ1) is 18.4. The second-order valence-corrected chi connectivity index (χ2v) is 3.85. The predicted octanol–water partition coefficient (Wildman–Crippen LogP) is 0.0987. The summed E-state index contributed by atoms with van der Waals surface area (Å²) < 4.78 is 0. The summed E-state index contributed by atoms with van der Waals surface area (Å²) in [5, 5.41) is 5.14. The molecule has 0 saturated heterocycles. The number of rotatable bonds is 7. The van der Waals surface area contributed by atoms with Gasteiger partial charge >= 0.3 is 6.03 Å². The van der Waals surface area contributed by atoms with E-state index in [4.69, 9.17) is 11.5 Å². The molecule has 0 aromatic rings. The van der Waals surface area contributed by atoms with Crippen LogP contribution in [0.4, 0.5) is 4.79 Å². The zero-order valence-corrected chi connectivity index (χ0v) is 11.2. The van der Waals surface area contributed by atoms with Gasteiger partial charge in [-0.15, -0.1) is 12.4 Å². The van der Waals surface area contributed by atoms with Gasteiger partial charge < -0.3 is 22.1 Å². The molecule has 0 heterocycles. The van der Waals surface area contributed by atoms with Crippen LogP contribution in [-0.2, 0) is 4.79 Å². The van der Waals surface area contributed by atoms with Crippen LogP contribution in [0.2, 0.25) is 0 Å². The highest BCUT2D eigenvalue weighted by atomic mass is 35.5. The molecule has 17 heavy (non-hydrogen) atoms. The number of carbonyl (C=O) groups excluding carboxylic acids is 2. The Morgan fingerprint density at radius 2 is 1.88 bits per heavy atom. The minimum Gasteiger partial charge on any atom is -0.352 e. The molecule has 0 aromatic carbocycles. The van der Waals surface area contributed by atoms with E-state index >= 15 is 0 Å². The number of nitrogens with two attached hydrogens (primary N) is 2. The first-order chi connectivity index (χ1) is 7.51. The van der Waals surface area contributed by atoms with Crippen molar-refractivity contribution in [3.05, 3.63) is 0 Å². The zero-order valence-electron chi connectivity index (χ0n) is 10.4. The van der Waals surface area contributed by atoms with Gasteiger partial charge in [-0.25, -0.2) is 4.79 Å². The van der Waals surface area contributed by atoms with E-state index in [1.54, 1.807) is 6.92 Å². The van der Waals surface area contributed by atoms with Gasteiger partial charge in [0.25, 0.3) is 0 Å². The van der Waals surface area contributed by atoms with Gasteiger partial charge in [0, 0.05) is 12.6 Å². The zero-order chi connectivity index (χ0) is 12.6. The Balaban J connectivity index is 0. The summed E-state index contributed by atoms with van der Waals surface area (Å²) >= 11 is 0. The molecule has 0 bridgehead atoms. The van der Waals surface area contributed by atoms with Crippen LogP contribution >= 0.6 is 12.4 Å². The number of halogens is 1. The largest absolute Gasteiger partial charge is 0.352 e. The number of hydrogen-bond acceptors (Lipinski definition) is 3. The Bertz CT molecular complexity index is 238. The lowest BCUT2D eigenvalue weighted by molar-refractivity contribution is -0.123. The molecule has 0 aromatic heterocycles. The van der Waals surface area contributed by atoms with Gasteiger partial charge in [-0.05, 0) is 13.3 Å². The van der Waals surface area contributed by atoms with Crippen molar-refractivity contribution in [2.24, 2.45) is 11.5 Å². The molecule has 0 fully saturated rings. The first-order valence-electron chi connectivity index (χ1n) is 5.57. The summed E-state index contributed by atoms with van der Waals surface area (Å²) in [7, 11) is 0. The summed E-state index contributed by atoms with van der Waals surface area (Å²) in [6.07, 6.45) is 2.40. The van der Waals surface area contributed by atoms with Crippen LogP contribution < -0.4 is 22.1 Å². The quantitative estimate of drug-likeness (QED) is 0.524. The molecule has 0 aliphatic rings. The maximum Gasteiger partial charge on any atom is 0.312 e. The third kappa shape index (κ3) is 8.76. The number of carbonyl (C=O) groups is 2. The summed E-state index contributed by atoms with van der Waals surface area (Å²) in [6.45, 7) is 4.18. The monoisotopic (exact) mass is 266 g/mol. The Morgan fingerprint density at radius 3 is 2.29 bits per heavy atom. The van der Waals surface area contributed by atoms with Crippen LogP contribution in [0.3, 0.4) is 0 Å². The van der Waals surface area contributed by atoms with Crippen LogP contribution in [-0.4, -0.2) is 30.6 Å². The van der Waals surface area contributed by atoms with E-state index in [1.807, 2.05) is 6.92 Å². The molecule has 0 aliphatic carbocycles. The van der Waals surface area contributed by atoms with Gasteiger partial charge in [0.05, 0.1) is 0 Å². The predicted molar refractivity (Wildman–Crippen MR) is 69.9 cm³/mol. The van der Waals surface area contributed by atoms with E-state index < -0.39 is 12.1 Å². The Labute approximate surface area is 108 Å². The number of nitrogens with one attached hydrogen (secondary N) is 2. The van der Waals surface area contributed by atoms with E-state index in [9.17, 15) is 9.59 Å². The van der Waals surface area contributed by atoms with E-state index in [0.29, 0.717) is 13.0 Å². The minimum atomic E-state index is -0.684. The van der Waals surface area contributed by atoms with Crippen molar-refractivity contribution >= 4 is 24.3 Å². The third-order valence-electron chi connectivity index (χ3n) is 2.22. The second-order valence-electron chi connectivity index (χ2n) is 3.85. The summed E-state index contributed by atoms with van der Waals surface area (Å²) in [6, 6.07) is -1.35. The average Bonchev–Trinajstić information content (AvgIpc) is 2.23. The molecular formula is C10H23ClN4O2. The van der Waals surface area contributed by atoms with Crippen LogP contribution in [0.25, 0.3) is 0 Å². The van der Waals surface area contributed by atoms with Gasteiger partial charge in [-0.3, -0.25) is 4.79 Å². The normalized spacial score (nSPS) is 13.1. The lowest BCUT2D eigenvalue weighted by Gasteiger charge is -2.19. The van der Waals surface area contributed by atoms with Gasteiger partial charge in [-0.1, -0.05) is 19.8 Å². The Kier molecular flexibility index (Phi) is 11.0. The second kappa shape index (κ2) is 10.2. The first-order valence-corrected chi connectivity index (χ1v) is 5.57. The average molecular weight is 267 g/mol. The third-order valence-corrected chi connectivity index (χ3v) is 2.22. The maximum absolute atomic E-state index is 11.7. The van der Waals surface area contributed by atoms with Crippen molar-refractivity contribution in [1.82, 2.24) is 10.6 Å². The number of amides is 3. The molecule has 7 heteroatoms. The van der Waals surface area contributed by atoms with Gasteiger partial charge in [-0.2, -0.15) is 0 Å². The highest BCUT2D eigenvalue weighted by molar-refractivity contribution is 5.86. The van der Waals surface area contributed by atoms with Crippen LogP contribution in [0.1, 0.15) is 33.1 Å².